The summed E-state index contributed by atoms with van der Waals surface area (Å²) in [4.78, 5) is 36.1. The van der Waals surface area contributed by atoms with Crippen molar-refractivity contribution in [2.45, 2.75) is 26.7 Å². The molecule has 0 fully saturated rings. The molecule has 0 saturated heterocycles. The summed E-state index contributed by atoms with van der Waals surface area (Å²) in [7, 11) is 2.99. The van der Waals surface area contributed by atoms with Gasteiger partial charge in [-0.05, 0) is 43.2 Å². The van der Waals surface area contributed by atoms with E-state index in [1.54, 1.807) is 30.3 Å². The number of methoxy groups -OCH3 is 2. The number of hydrogen-bond donors (Lipinski definition) is 1. The zero-order chi connectivity index (χ0) is 21.4. The minimum absolute atomic E-state index is 0.0231. The molecule has 0 aromatic heterocycles. The second-order valence-corrected chi connectivity index (χ2v) is 6.50. The molecule has 1 N–H and O–H groups in total. The Morgan fingerprint density at radius 3 is 2.31 bits per heavy atom. The summed E-state index contributed by atoms with van der Waals surface area (Å²) < 4.78 is 15.2. The molecule has 0 spiro atoms. The molecule has 0 atom stereocenters. The number of carbonyl (C=O) groups excluding carboxylic acids is 3. The number of rotatable bonds is 9. The molecule has 0 bridgehead atoms. The van der Waals surface area contributed by atoms with E-state index in [0.29, 0.717) is 22.7 Å². The third-order valence-electron chi connectivity index (χ3n) is 4.43. The average molecular weight is 399 g/mol. The van der Waals surface area contributed by atoms with Crippen LogP contribution < -0.4 is 14.8 Å². The zero-order valence-electron chi connectivity index (χ0n) is 17.0. The summed E-state index contributed by atoms with van der Waals surface area (Å²) in [5.74, 6) is -0.262. The van der Waals surface area contributed by atoms with Crippen LogP contribution in [0.2, 0.25) is 0 Å². The molecule has 7 heteroatoms. The van der Waals surface area contributed by atoms with Crippen molar-refractivity contribution in [1.29, 1.82) is 0 Å². The molecule has 2 aromatic rings. The molecule has 2 rings (SSSR count). The largest absolute Gasteiger partial charge is 0.497 e. The van der Waals surface area contributed by atoms with Crippen LogP contribution in [-0.4, -0.2) is 38.5 Å². The van der Waals surface area contributed by atoms with E-state index in [0.717, 1.165) is 11.1 Å². The molecule has 29 heavy (non-hydrogen) atoms. The van der Waals surface area contributed by atoms with Crippen molar-refractivity contribution in [3.8, 4) is 11.5 Å². The highest BCUT2D eigenvalue weighted by molar-refractivity contribution is 5.98. The Morgan fingerprint density at radius 2 is 1.66 bits per heavy atom. The lowest BCUT2D eigenvalue weighted by atomic mass is 10.0. The monoisotopic (exact) mass is 399 g/mol. The molecule has 154 valence electrons. The second kappa shape index (κ2) is 10.3. The summed E-state index contributed by atoms with van der Waals surface area (Å²) in [6.45, 7) is 3.44. The van der Waals surface area contributed by atoms with Crippen LogP contribution in [0.4, 0.5) is 5.69 Å². The molecule has 0 saturated carbocycles. The van der Waals surface area contributed by atoms with Crippen LogP contribution in [0.15, 0.2) is 36.4 Å². The number of benzene rings is 2. The van der Waals surface area contributed by atoms with E-state index in [1.165, 1.54) is 14.2 Å². The highest BCUT2D eigenvalue weighted by atomic mass is 16.5. The molecular formula is C22H25NO6. The van der Waals surface area contributed by atoms with Crippen LogP contribution in [0.1, 0.15) is 34.3 Å². The number of Topliss-reactive ketones (excluding diaryl/α,β-unsaturated/α-hetero) is 1. The fraction of sp³-hybridized carbons (Fsp3) is 0.318. The van der Waals surface area contributed by atoms with E-state index in [9.17, 15) is 14.4 Å². The van der Waals surface area contributed by atoms with Crippen LogP contribution >= 0.6 is 0 Å². The molecule has 1 amide bonds. The van der Waals surface area contributed by atoms with Crippen molar-refractivity contribution in [3.63, 3.8) is 0 Å². The molecule has 0 heterocycles. The van der Waals surface area contributed by atoms with Crippen molar-refractivity contribution in [2.24, 2.45) is 0 Å². The van der Waals surface area contributed by atoms with E-state index < -0.39 is 18.5 Å². The topological polar surface area (TPSA) is 90.9 Å². The molecule has 7 nitrogen and oxygen atoms in total. The van der Waals surface area contributed by atoms with Crippen molar-refractivity contribution < 1.29 is 28.6 Å². The molecule has 0 radical (unpaired) electrons. The van der Waals surface area contributed by atoms with E-state index in [2.05, 4.69) is 5.32 Å². The normalized spacial score (nSPS) is 10.2. The molecule has 2 aromatic carbocycles. The van der Waals surface area contributed by atoms with Gasteiger partial charge < -0.3 is 19.5 Å². The second-order valence-electron chi connectivity index (χ2n) is 6.50. The lowest BCUT2D eigenvalue weighted by molar-refractivity contribution is -0.147. The van der Waals surface area contributed by atoms with Gasteiger partial charge in [-0.15, -0.1) is 0 Å². The number of ether oxygens (including phenoxy) is 3. The number of carbonyl (C=O) groups is 3. The van der Waals surface area contributed by atoms with Crippen molar-refractivity contribution in [2.75, 3.05) is 26.1 Å². The van der Waals surface area contributed by atoms with Crippen LogP contribution in [0.25, 0.3) is 0 Å². The number of nitrogens with one attached hydrogen (secondary N) is 1. The van der Waals surface area contributed by atoms with Gasteiger partial charge >= 0.3 is 5.97 Å². The minimum atomic E-state index is -0.612. The van der Waals surface area contributed by atoms with Gasteiger partial charge in [0.1, 0.15) is 11.5 Å². The average Bonchev–Trinajstić information content (AvgIpc) is 2.72. The van der Waals surface area contributed by atoms with Gasteiger partial charge in [0.25, 0.3) is 5.91 Å². The molecule has 0 aliphatic carbocycles. The fourth-order valence-corrected chi connectivity index (χ4v) is 2.58. The van der Waals surface area contributed by atoms with Crippen LogP contribution in [0, 0.1) is 13.8 Å². The van der Waals surface area contributed by atoms with Crippen molar-refractivity contribution in [3.05, 3.63) is 53.1 Å². The fourth-order valence-electron chi connectivity index (χ4n) is 2.58. The quantitative estimate of drug-likeness (QED) is 0.513. The van der Waals surface area contributed by atoms with Crippen molar-refractivity contribution >= 4 is 23.3 Å². The maximum atomic E-state index is 12.2. The minimum Gasteiger partial charge on any atom is -0.497 e. The van der Waals surface area contributed by atoms with Gasteiger partial charge in [-0.3, -0.25) is 14.4 Å². The molecule has 0 aliphatic heterocycles. The van der Waals surface area contributed by atoms with Gasteiger partial charge in [0.05, 0.1) is 26.3 Å². The van der Waals surface area contributed by atoms with Gasteiger partial charge in [0.2, 0.25) is 0 Å². The molecule has 0 unspecified atom stereocenters. The predicted octanol–water partition coefficient (Wildman–Crippen LogP) is 3.47. The van der Waals surface area contributed by atoms with Gasteiger partial charge in [-0.2, -0.15) is 0 Å². The van der Waals surface area contributed by atoms with Crippen molar-refractivity contribution in [1.82, 2.24) is 0 Å². The predicted molar refractivity (Wildman–Crippen MR) is 109 cm³/mol. The lowest BCUT2D eigenvalue weighted by Gasteiger charge is -2.11. The summed E-state index contributed by atoms with van der Waals surface area (Å²) in [6.07, 6.45) is -0.0693. The number of hydrogen-bond acceptors (Lipinski definition) is 6. The Hall–Kier alpha value is -3.35. The van der Waals surface area contributed by atoms with Gasteiger partial charge in [-0.25, -0.2) is 0 Å². The van der Waals surface area contributed by atoms with E-state index in [-0.39, 0.29) is 18.6 Å². The number of ketones is 1. The molecule has 0 aliphatic rings. The zero-order valence-corrected chi connectivity index (χ0v) is 17.0. The highest BCUT2D eigenvalue weighted by Crippen LogP contribution is 2.28. The van der Waals surface area contributed by atoms with E-state index >= 15 is 0 Å². The Bertz CT molecular complexity index is 906. The summed E-state index contributed by atoms with van der Waals surface area (Å²) in [6, 6.07) is 10.3. The number of amides is 1. The Kier molecular flexibility index (Phi) is 7.77. The summed E-state index contributed by atoms with van der Waals surface area (Å²) in [5, 5.41) is 2.61. The Labute approximate surface area is 170 Å². The first-order chi connectivity index (χ1) is 13.8. The first-order valence-electron chi connectivity index (χ1n) is 9.12. The third kappa shape index (κ3) is 6.34. The number of aryl methyl sites for hydroxylation is 2. The first-order valence-corrected chi connectivity index (χ1v) is 9.12. The number of anilines is 1. The van der Waals surface area contributed by atoms with Crippen LogP contribution in [0.5, 0.6) is 11.5 Å². The highest BCUT2D eigenvalue weighted by Gasteiger charge is 2.14. The Balaban J connectivity index is 1.80. The van der Waals surface area contributed by atoms with Gasteiger partial charge in [0, 0.05) is 18.1 Å². The van der Waals surface area contributed by atoms with Crippen LogP contribution in [-0.2, 0) is 14.3 Å². The van der Waals surface area contributed by atoms with E-state index in [1.807, 2.05) is 19.9 Å². The van der Waals surface area contributed by atoms with Gasteiger partial charge in [0.15, 0.2) is 12.4 Å². The molecular weight excluding hydrogens is 374 g/mol. The van der Waals surface area contributed by atoms with Crippen LogP contribution in [0.3, 0.4) is 0 Å². The lowest BCUT2D eigenvalue weighted by Crippen LogP contribution is -2.21. The van der Waals surface area contributed by atoms with E-state index in [4.69, 9.17) is 14.2 Å². The Morgan fingerprint density at radius 1 is 0.897 bits per heavy atom. The summed E-state index contributed by atoms with van der Waals surface area (Å²) in [5.41, 5.74) is 3.11. The third-order valence-corrected chi connectivity index (χ3v) is 4.43. The first kappa shape index (κ1) is 21.9. The maximum absolute atomic E-state index is 12.2. The standard InChI is InChI=1S/C22H25NO6/c1-14-5-6-16(11-15(14)2)19(24)9-10-22(26)29-13-21(25)23-18-8-7-17(27-3)12-20(18)28-4/h5-8,11-12H,9-10,13H2,1-4H3,(H,23,25). The smallest absolute Gasteiger partial charge is 0.306 e. The maximum Gasteiger partial charge on any atom is 0.306 e. The van der Waals surface area contributed by atoms with Gasteiger partial charge in [-0.1, -0.05) is 12.1 Å². The summed E-state index contributed by atoms with van der Waals surface area (Å²) >= 11 is 0. The SMILES string of the molecule is COc1ccc(NC(=O)COC(=O)CCC(=O)c2ccc(C)c(C)c2)c(OC)c1. The number of esters is 1.